The number of phenols is 1. The van der Waals surface area contributed by atoms with E-state index in [1.54, 1.807) is 24.3 Å². The van der Waals surface area contributed by atoms with Gasteiger partial charge in [0.25, 0.3) is 0 Å². The molecule has 0 saturated heterocycles. The van der Waals surface area contributed by atoms with Crippen molar-refractivity contribution in [2.45, 2.75) is 13.8 Å². The fourth-order valence-corrected chi connectivity index (χ4v) is 1.64. The van der Waals surface area contributed by atoms with E-state index in [-0.39, 0.29) is 5.75 Å². The maximum atomic E-state index is 9.16. The molecule has 3 N–H and O–H groups in total. The molecule has 2 rings (SSSR count). The molecule has 0 amide bonds. The molecule has 4 nitrogen and oxygen atoms in total. The van der Waals surface area contributed by atoms with Crippen LogP contribution in [0.2, 0.25) is 0 Å². The normalized spacial score (nSPS) is 11.0. The number of nitrogens with zero attached hydrogens (tertiary/aromatic N) is 2. The quantitative estimate of drug-likeness (QED) is 0.616. The summed E-state index contributed by atoms with van der Waals surface area (Å²) in [5, 5.41) is 17.4. The molecule has 0 unspecified atom stereocenters. The minimum atomic E-state index is 0.216. The average molecular weight is 241 g/mol. The summed E-state index contributed by atoms with van der Waals surface area (Å²) in [5.41, 5.74) is 10.1. The van der Waals surface area contributed by atoms with E-state index in [9.17, 15) is 0 Å². The first-order valence-corrected chi connectivity index (χ1v) is 5.64. The zero-order valence-electron chi connectivity index (χ0n) is 10.4. The molecular formula is C14H15N3O. The van der Waals surface area contributed by atoms with Crippen LogP contribution in [-0.4, -0.2) is 5.11 Å². The second-order valence-electron chi connectivity index (χ2n) is 4.21. The first-order valence-electron chi connectivity index (χ1n) is 5.64. The van der Waals surface area contributed by atoms with Gasteiger partial charge in [-0.1, -0.05) is 0 Å². The smallest absolute Gasteiger partial charge is 0.115 e. The van der Waals surface area contributed by atoms with Crippen LogP contribution < -0.4 is 5.73 Å². The van der Waals surface area contributed by atoms with Crippen molar-refractivity contribution in [2.75, 3.05) is 5.73 Å². The number of aromatic hydroxyl groups is 1. The summed E-state index contributed by atoms with van der Waals surface area (Å²) in [4.78, 5) is 0. The van der Waals surface area contributed by atoms with Gasteiger partial charge in [-0.3, -0.25) is 0 Å². The van der Waals surface area contributed by atoms with Crippen molar-refractivity contribution < 1.29 is 5.11 Å². The summed E-state index contributed by atoms with van der Waals surface area (Å²) < 4.78 is 0. The molecule has 0 atom stereocenters. The van der Waals surface area contributed by atoms with Crippen LogP contribution in [-0.2, 0) is 0 Å². The van der Waals surface area contributed by atoms with Gasteiger partial charge < -0.3 is 10.8 Å². The molecular weight excluding hydrogens is 226 g/mol. The highest BCUT2D eigenvalue weighted by Gasteiger charge is 2.00. The highest BCUT2D eigenvalue weighted by Crippen LogP contribution is 2.26. The molecule has 2 aromatic rings. The van der Waals surface area contributed by atoms with Crippen molar-refractivity contribution >= 4 is 17.1 Å². The number of rotatable bonds is 2. The number of azo groups is 1. The van der Waals surface area contributed by atoms with E-state index in [1.165, 1.54) is 0 Å². The number of anilines is 1. The molecule has 0 aliphatic heterocycles. The highest BCUT2D eigenvalue weighted by molar-refractivity contribution is 5.59. The van der Waals surface area contributed by atoms with Gasteiger partial charge in [-0.05, 0) is 61.4 Å². The van der Waals surface area contributed by atoms with E-state index < -0.39 is 0 Å². The van der Waals surface area contributed by atoms with Crippen LogP contribution in [0.25, 0.3) is 0 Å². The number of aryl methyl sites for hydroxylation is 2. The molecule has 0 aliphatic rings. The van der Waals surface area contributed by atoms with E-state index in [0.29, 0.717) is 5.69 Å². The van der Waals surface area contributed by atoms with E-state index in [2.05, 4.69) is 10.2 Å². The Labute approximate surface area is 106 Å². The minimum Gasteiger partial charge on any atom is -0.508 e. The van der Waals surface area contributed by atoms with E-state index >= 15 is 0 Å². The zero-order valence-corrected chi connectivity index (χ0v) is 10.4. The standard InChI is InChI=1S/C14H15N3O/c1-9-7-12(8-10(2)14(9)15)17-16-11-3-5-13(18)6-4-11/h3-8,18H,15H2,1-2H3. The lowest BCUT2D eigenvalue weighted by molar-refractivity contribution is 0.475. The Balaban J connectivity index is 2.26. The van der Waals surface area contributed by atoms with Gasteiger partial charge in [0.2, 0.25) is 0 Å². The number of benzene rings is 2. The van der Waals surface area contributed by atoms with E-state index in [0.717, 1.165) is 22.5 Å². The Morgan fingerprint density at radius 1 is 0.889 bits per heavy atom. The van der Waals surface area contributed by atoms with Gasteiger partial charge in [0.05, 0.1) is 11.4 Å². The van der Waals surface area contributed by atoms with Crippen LogP contribution in [0.4, 0.5) is 17.1 Å². The molecule has 0 fully saturated rings. The molecule has 92 valence electrons. The summed E-state index contributed by atoms with van der Waals surface area (Å²) in [6.45, 7) is 3.89. The van der Waals surface area contributed by atoms with Gasteiger partial charge in [0.15, 0.2) is 0 Å². The first kappa shape index (κ1) is 12.1. The van der Waals surface area contributed by atoms with Gasteiger partial charge >= 0.3 is 0 Å². The van der Waals surface area contributed by atoms with Crippen molar-refractivity contribution in [1.29, 1.82) is 0 Å². The van der Waals surface area contributed by atoms with Crippen LogP contribution in [0.15, 0.2) is 46.6 Å². The predicted octanol–water partition coefficient (Wildman–Crippen LogP) is 4.01. The number of phenolic OH excluding ortho intramolecular Hbond substituents is 1. The Morgan fingerprint density at radius 3 is 1.94 bits per heavy atom. The number of nitrogen functional groups attached to an aromatic ring is 1. The van der Waals surface area contributed by atoms with Crippen molar-refractivity contribution in [2.24, 2.45) is 10.2 Å². The third-order valence-electron chi connectivity index (χ3n) is 2.71. The second-order valence-corrected chi connectivity index (χ2v) is 4.21. The lowest BCUT2D eigenvalue weighted by atomic mass is 10.1. The van der Waals surface area contributed by atoms with Gasteiger partial charge in [0.1, 0.15) is 5.75 Å². The third kappa shape index (κ3) is 2.66. The number of hydrogen-bond donors (Lipinski definition) is 2. The SMILES string of the molecule is Cc1cc(N=Nc2ccc(O)cc2)cc(C)c1N. The summed E-state index contributed by atoms with van der Waals surface area (Å²) in [6.07, 6.45) is 0. The highest BCUT2D eigenvalue weighted by atomic mass is 16.3. The fourth-order valence-electron chi connectivity index (χ4n) is 1.64. The average Bonchev–Trinajstić information content (AvgIpc) is 2.35. The van der Waals surface area contributed by atoms with E-state index in [4.69, 9.17) is 10.8 Å². The predicted molar refractivity (Wildman–Crippen MR) is 72.6 cm³/mol. The molecule has 0 heterocycles. The van der Waals surface area contributed by atoms with Crippen molar-refractivity contribution in [3.8, 4) is 5.75 Å². The molecule has 0 spiro atoms. The van der Waals surface area contributed by atoms with Crippen molar-refractivity contribution in [1.82, 2.24) is 0 Å². The van der Waals surface area contributed by atoms with Gasteiger partial charge in [-0.15, -0.1) is 0 Å². The topological polar surface area (TPSA) is 71.0 Å². The molecule has 0 aliphatic carbocycles. The van der Waals surface area contributed by atoms with Gasteiger partial charge in [-0.2, -0.15) is 10.2 Å². The third-order valence-corrected chi connectivity index (χ3v) is 2.71. The van der Waals surface area contributed by atoms with Crippen LogP contribution in [0.5, 0.6) is 5.75 Å². The van der Waals surface area contributed by atoms with Crippen molar-refractivity contribution in [3.63, 3.8) is 0 Å². The van der Waals surface area contributed by atoms with Crippen LogP contribution in [0.3, 0.4) is 0 Å². The second kappa shape index (κ2) is 4.87. The molecule has 0 bridgehead atoms. The lowest BCUT2D eigenvalue weighted by Crippen LogP contribution is -1.92. The largest absolute Gasteiger partial charge is 0.508 e. The van der Waals surface area contributed by atoms with E-state index in [1.807, 2.05) is 26.0 Å². The summed E-state index contributed by atoms with van der Waals surface area (Å²) >= 11 is 0. The lowest BCUT2D eigenvalue weighted by Gasteiger charge is -2.04. The Morgan fingerprint density at radius 2 is 1.39 bits per heavy atom. The Bertz CT molecular complexity index is 565. The summed E-state index contributed by atoms with van der Waals surface area (Å²) in [7, 11) is 0. The van der Waals surface area contributed by atoms with Crippen LogP contribution in [0.1, 0.15) is 11.1 Å². The molecule has 2 aromatic carbocycles. The minimum absolute atomic E-state index is 0.216. The zero-order chi connectivity index (χ0) is 13.1. The summed E-state index contributed by atoms with van der Waals surface area (Å²) in [6, 6.07) is 10.4. The number of nitrogens with two attached hydrogens (primary N) is 1. The number of hydrogen-bond acceptors (Lipinski definition) is 4. The van der Waals surface area contributed by atoms with Gasteiger partial charge in [-0.25, -0.2) is 0 Å². The maximum absolute atomic E-state index is 9.16. The molecule has 18 heavy (non-hydrogen) atoms. The monoisotopic (exact) mass is 241 g/mol. The molecule has 0 radical (unpaired) electrons. The molecule has 0 saturated carbocycles. The van der Waals surface area contributed by atoms with Crippen LogP contribution in [0, 0.1) is 13.8 Å². The fraction of sp³-hybridized carbons (Fsp3) is 0.143. The summed E-state index contributed by atoms with van der Waals surface area (Å²) in [5.74, 6) is 0.216. The first-order chi connectivity index (χ1) is 8.56. The molecule has 4 heteroatoms. The van der Waals surface area contributed by atoms with Crippen LogP contribution >= 0.6 is 0 Å². The maximum Gasteiger partial charge on any atom is 0.115 e. The molecule has 0 aromatic heterocycles. The Kier molecular flexibility index (Phi) is 3.28. The Hall–Kier alpha value is -2.36. The van der Waals surface area contributed by atoms with Gasteiger partial charge in [0, 0.05) is 5.69 Å². The van der Waals surface area contributed by atoms with Crippen molar-refractivity contribution in [3.05, 3.63) is 47.5 Å².